The first-order valence-corrected chi connectivity index (χ1v) is 8.67. The molecule has 0 aromatic rings. The fraction of sp³-hybridized carbons (Fsp3) is 1.00. The molecule has 0 saturated carbocycles. The molecular formula is C13H28N2O2S. The van der Waals surface area contributed by atoms with Crippen molar-refractivity contribution in [1.82, 2.24) is 9.62 Å². The van der Waals surface area contributed by atoms with Crippen molar-refractivity contribution in [2.75, 3.05) is 31.9 Å². The third-order valence-corrected chi connectivity index (χ3v) is 5.53. The second kappa shape index (κ2) is 6.87. The van der Waals surface area contributed by atoms with E-state index in [-0.39, 0.29) is 11.2 Å². The summed E-state index contributed by atoms with van der Waals surface area (Å²) in [6, 6.07) is 0. The van der Waals surface area contributed by atoms with Crippen molar-refractivity contribution in [3.05, 3.63) is 0 Å². The van der Waals surface area contributed by atoms with Gasteiger partial charge in [-0.05, 0) is 37.6 Å². The molecule has 0 bridgehead atoms. The number of rotatable bonds is 6. The third-order valence-electron chi connectivity index (χ3n) is 3.66. The van der Waals surface area contributed by atoms with Crippen molar-refractivity contribution >= 4 is 10.0 Å². The molecule has 1 N–H and O–H groups in total. The van der Waals surface area contributed by atoms with Gasteiger partial charge in [0.15, 0.2) is 0 Å². The Morgan fingerprint density at radius 2 is 1.89 bits per heavy atom. The second-order valence-electron chi connectivity index (χ2n) is 5.98. The lowest BCUT2D eigenvalue weighted by Crippen LogP contribution is -2.37. The fourth-order valence-corrected chi connectivity index (χ4v) is 3.75. The molecular weight excluding hydrogens is 248 g/mol. The molecule has 1 aliphatic heterocycles. The van der Waals surface area contributed by atoms with E-state index in [2.05, 4.69) is 26.1 Å². The average molecular weight is 276 g/mol. The molecule has 0 amide bonds. The van der Waals surface area contributed by atoms with E-state index in [0.29, 0.717) is 19.6 Å². The second-order valence-corrected chi connectivity index (χ2v) is 8.07. The van der Waals surface area contributed by atoms with E-state index in [1.54, 1.807) is 4.31 Å². The van der Waals surface area contributed by atoms with Crippen molar-refractivity contribution in [2.45, 2.75) is 46.5 Å². The maximum atomic E-state index is 12.2. The Morgan fingerprint density at radius 3 is 2.56 bits per heavy atom. The summed E-state index contributed by atoms with van der Waals surface area (Å²) in [7, 11) is -3.07. The van der Waals surface area contributed by atoms with Gasteiger partial charge in [-0.1, -0.05) is 20.8 Å². The van der Waals surface area contributed by atoms with Gasteiger partial charge in [0.05, 0.1) is 5.75 Å². The molecule has 1 saturated heterocycles. The molecule has 1 rings (SSSR count). The van der Waals surface area contributed by atoms with Gasteiger partial charge in [-0.3, -0.25) is 0 Å². The van der Waals surface area contributed by atoms with Crippen LogP contribution in [0, 0.1) is 5.41 Å². The Bertz CT molecular complexity index is 339. The highest BCUT2D eigenvalue weighted by Crippen LogP contribution is 2.30. The summed E-state index contributed by atoms with van der Waals surface area (Å²) in [5, 5.41) is 3.16. The van der Waals surface area contributed by atoms with E-state index in [4.69, 9.17) is 0 Å². The zero-order chi connectivity index (χ0) is 13.6. The van der Waals surface area contributed by atoms with Crippen molar-refractivity contribution < 1.29 is 8.42 Å². The highest BCUT2D eigenvalue weighted by Gasteiger charge is 2.28. The molecule has 0 unspecified atom stereocenters. The van der Waals surface area contributed by atoms with Crippen molar-refractivity contribution in [1.29, 1.82) is 0 Å². The van der Waals surface area contributed by atoms with E-state index in [1.807, 2.05) is 0 Å². The van der Waals surface area contributed by atoms with Gasteiger partial charge in [0.25, 0.3) is 0 Å². The molecule has 0 spiro atoms. The van der Waals surface area contributed by atoms with Crippen molar-refractivity contribution in [3.63, 3.8) is 0 Å². The lowest BCUT2D eigenvalue weighted by Gasteiger charge is -2.23. The summed E-state index contributed by atoms with van der Waals surface area (Å²) in [6.45, 7) is 9.37. The molecule has 0 aromatic heterocycles. The summed E-state index contributed by atoms with van der Waals surface area (Å²) in [4.78, 5) is 0. The summed E-state index contributed by atoms with van der Waals surface area (Å²) >= 11 is 0. The molecule has 1 aliphatic rings. The monoisotopic (exact) mass is 276 g/mol. The molecule has 1 fully saturated rings. The Balaban J connectivity index is 2.46. The van der Waals surface area contributed by atoms with Crippen LogP contribution in [0.15, 0.2) is 0 Å². The summed E-state index contributed by atoms with van der Waals surface area (Å²) in [6.07, 6.45) is 4.11. The van der Waals surface area contributed by atoms with E-state index < -0.39 is 10.0 Å². The molecule has 4 nitrogen and oxygen atoms in total. The minimum atomic E-state index is -3.07. The molecule has 1 heterocycles. The molecule has 0 aromatic carbocycles. The van der Waals surface area contributed by atoms with Gasteiger partial charge >= 0.3 is 0 Å². The number of hydrogen-bond acceptors (Lipinski definition) is 3. The lowest BCUT2D eigenvalue weighted by molar-refractivity contribution is 0.315. The first-order valence-electron chi connectivity index (χ1n) is 7.06. The maximum Gasteiger partial charge on any atom is 0.215 e. The SMILES string of the molecule is CCCNCCS(=O)(=O)N1CCCC(C)(C)CC1. The van der Waals surface area contributed by atoms with Crippen LogP contribution >= 0.6 is 0 Å². The zero-order valence-electron chi connectivity index (χ0n) is 12.0. The fourth-order valence-electron chi connectivity index (χ4n) is 2.31. The van der Waals surface area contributed by atoms with Crippen LogP contribution in [0.4, 0.5) is 0 Å². The van der Waals surface area contributed by atoms with E-state index in [1.165, 1.54) is 0 Å². The van der Waals surface area contributed by atoms with Gasteiger partial charge in [0, 0.05) is 19.6 Å². The van der Waals surface area contributed by atoms with E-state index >= 15 is 0 Å². The first-order chi connectivity index (χ1) is 8.37. The number of nitrogens with zero attached hydrogens (tertiary/aromatic N) is 1. The molecule has 0 radical (unpaired) electrons. The van der Waals surface area contributed by atoms with E-state index in [0.717, 1.165) is 32.2 Å². The van der Waals surface area contributed by atoms with Gasteiger partial charge in [-0.15, -0.1) is 0 Å². The minimum Gasteiger partial charge on any atom is -0.316 e. The zero-order valence-corrected chi connectivity index (χ0v) is 12.9. The maximum absolute atomic E-state index is 12.2. The van der Waals surface area contributed by atoms with Crippen LogP contribution in [-0.2, 0) is 10.0 Å². The Morgan fingerprint density at radius 1 is 1.17 bits per heavy atom. The predicted octanol–water partition coefficient (Wildman–Crippen LogP) is 1.83. The van der Waals surface area contributed by atoms with Crippen molar-refractivity contribution in [2.24, 2.45) is 5.41 Å². The van der Waals surface area contributed by atoms with Gasteiger partial charge in [-0.25, -0.2) is 12.7 Å². The molecule has 5 heteroatoms. The summed E-state index contributed by atoms with van der Waals surface area (Å²) in [5.41, 5.74) is 0.282. The smallest absolute Gasteiger partial charge is 0.215 e. The van der Waals surface area contributed by atoms with Crippen molar-refractivity contribution in [3.8, 4) is 0 Å². The molecule has 108 valence electrons. The van der Waals surface area contributed by atoms with Crippen LogP contribution in [0.5, 0.6) is 0 Å². The average Bonchev–Trinajstić information content (AvgIpc) is 2.46. The molecule has 0 aliphatic carbocycles. The summed E-state index contributed by atoms with van der Waals surface area (Å²) in [5.74, 6) is 0.230. The molecule has 18 heavy (non-hydrogen) atoms. The van der Waals surface area contributed by atoms with Gasteiger partial charge in [0.1, 0.15) is 0 Å². The Hall–Kier alpha value is -0.130. The summed E-state index contributed by atoms with van der Waals surface area (Å²) < 4.78 is 26.1. The number of hydrogen-bond donors (Lipinski definition) is 1. The van der Waals surface area contributed by atoms with Crippen LogP contribution in [0.1, 0.15) is 46.5 Å². The quantitative estimate of drug-likeness (QED) is 0.753. The van der Waals surface area contributed by atoms with Gasteiger partial charge in [0.2, 0.25) is 10.0 Å². The molecule has 0 atom stereocenters. The normalized spacial score (nSPS) is 21.7. The predicted molar refractivity (Wildman–Crippen MR) is 76.2 cm³/mol. The van der Waals surface area contributed by atoms with Crippen LogP contribution in [0.25, 0.3) is 0 Å². The topological polar surface area (TPSA) is 49.4 Å². The van der Waals surface area contributed by atoms with E-state index in [9.17, 15) is 8.42 Å². The highest BCUT2D eigenvalue weighted by molar-refractivity contribution is 7.89. The van der Waals surface area contributed by atoms with Crippen LogP contribution in [0.2, 0.25) is 0 Å². The standard InChI is InChI=1S/C13H28N2O2S/c1-4-8-14-9-12-18(16,17)15-10-5-6-13(2,3)7-11-15/h14H,4-12H2,1-3H3. The number of sulfonamides is 1. The third kappa shape index (κ3) is 5.24. The highest BCUT2D eigenvalue weighted by atomic mass is 32.2. The van der Waals surface area contributed by atoms with Crippen LogP contribution in [-0.4, -0.2) is 44.7 Å². The van der Waals surface area contributed by atoms with Crippen LogP contribution < -0.4 is 5.32 Å². The lowest BCUT2D eigenvalue weighted by atomic mass is 9.85. The first kappa shape index (κ1) is 15.9. The number of nitrogens with one attached hydrogen (secondary N) is 1. The minimum absolute atomic E-state index is 0.230. The Labute approximate surface area is 112 Å². The van der Waals surface area contributed by atoms with Gasteiger partial charge in [-0.2, -0.15) is 0 Å². The van der Waals surface area contributed by atoms with Crippen LogP contribution in [0.3, 0.4) is 0 Å². The van der Waals surface area contributed by atoms with Gasteiger partial charge < -0.3 is 5.32 Å². The Kier molecular flexibility index (Phi) is 6.08. The largest absolute Gasteiger partial charge is 0.316 e.